The molecule has 1 nitrogen and oxygen atoms in total. The highest BCUT2D eigenvalue weighted by Gasteiger charge is 2.11. The van der Waals surface area contributed by atoms with E-state index in [2.05, 4.69) is 15.9 Å². The highest BCUT2D eigenvalue weighted by atomic mass is 79.9. The topological polar surface area (TPSA) is 20.2 Å². The Hall–Kier alpha value is 0.730. The molecule has 0 saturated carbocycles. The molecule has 0 amide bonds. The van der Waals surface area contributed by atoms with E-state index in [1.54, 1.807) is 6.92 Å². The molecule has 0 aliphatic rings. The predicted molar refractivity (Wildman–Crippen MR) is 30.3 cm³/mol. The Bertz CT molecular complexity index is 40.5. The third-order valence-corrected chi connectivity index (χ3v) is 0.648. The highest BCUT2D eigenvalue weighted by molar-refractivity contribution is 9.10. The van der Waals surface area contributed by atoms with Gasteiger partial charge in [-0.2, -0.15) is 0 Å². The molecule has 0 saturated heterocycles. The van der Waals surface area contributed by atoms with E-state index >= 15 is 0 Å². The van der Waals surface area contributed by atoms with Crippen LogP contribution < -0.4 is 0 Å². The molecule has 0 aliphatic heterocycles. The molecule has 38 valence electrons. The average Bonchev–Trinajstić information content (AvgIpc) is 1.35. The average molecular weight is 173 g/mol. The number of hydrogen-bond acceptors (Lipinski definition) is 1. The maximum Gasteiger partial charge on any atom is 0.119 e. The smallest absolute Gasteiger partial charge is 0.119 e. The highest BCUT2D eigenvalue weighted by Crippen LogP contribution is 2.19. The van der Waals surface area contributed by atoms with Crippen molar-refractivity contribution in [1.82, 2.24) is 0 Å². The van der Waals surface area contributed by atoms with Gasteiger partial charge in [-0.1, -0.05) is 15.9 Å². The molecular weight excluding hydrogens is 167 g/mol. The monoisotopic (exact) mass is 172 g/mol. The Kier molecular flexibility index (Phi) is 2.41. The van der Waals surface area contributed by atoms with Gasteiger partial charge in [-0.25, -0.2) is 0 Å². The standard InChI is InChI=1S/C3H6BrClO/c1-3(4,5)2-6/h6H,2H2,1H3/t3-/m0/s1. The van der Waals surface area contributed by atoms with E-state index in [1.165, 1.54) is 0 Å². The van der Waals surface area contributed by atoms with E-state index < -0.39 is 3.78 Å². The van der Waals surface area contributed by atoms with Crippen LogP contribution >= 0.6 is 27.5 Å². The lowest BCUT2D eigenvalue weighted by Crippen LogP contribution is -2.10. The zero-order chi connectivity index (χ0) is 5.21. The van der Waals surface area contributed by atoms with E-state index in [4.69, 9.17) is 16.7 Å². The van der Waals surface area contributed by atoms with Gasteiger partial charge in [-0.15, -0.1) is 11.6 Å². The number of halogens is 2. The van der Waals surface area contributed by atoms with Gasteiger partial charge in [0, 0.05) is 0 Å². The van der Waals surface area contributed by atoms with Crippen LogP contribution in [0.4, 0.5) is 0 Å². The maximum atomic E-state index is 8.22. The predicted octanol–water partition coefficient (Wildman–Crippen LogP) is 1.33. The van der Waals surface area contributed by atoms with Crippen LogP contribution in [0.15, 0.2) is 0 Å². The van der Waals surface area contributed by atoms with Crippen molar-refractivity contribution < 1.29 is 5.11 Å². The van der Waals surface area contributed by atoms with Crippen LogP contribution in [-0.4, -0.2) is 15.5 Å². The fourth-order valence-corrected chi connectivity index (χ4v) is 0. The second-order valence-corrected chi connectivity index (χ2v) is 4.27. The van der Waals surface area contributed by atoms with Crippen LogP contribution in [-0.2, 0) is 0 Å². The number of aliphatic hydroxyl groups is 1. The van der Waals surface area contributed by atoms with Gasteiger partial charge in [0.1, 0.15) is 3.78 Å². The molecule has 0 rings (SSSR count). The Labute approximate surface area is 50.4 Å². The van der Waals surface area contributed by atoms with Gasteiger partial charge in [-0.05, 0) is 6.92 Å². The van der Waals surface area contributed by atoms with Crippen LogP contribution in [0.25, 0.3) is 0 Å². The van der Waals surface area contributed by atoms with Crippen LogP contribution in [0.2, 0.25) is 0 Å². The molecule has 6 heavy (non-hydrogen) atoms. The summed E-state index contributed by atoms with van der Waals surface area (Å²) in [7, 11) is 0. The first kappa shape index (κ1) is 6.73. The lowest BCUT2D eigenvalue weighted by molar-refractivity contribution is 0.290. The molecule has 0 unspecified atom stereocenters. The Balaban J connectivity index is 3.17. The van der Waals surface area contributed by atoms with Gasteiger partial charge in [0.15, 0.2) is 0 Å². The normalized spacial score (nSPS) is 20.0. The summed E-state index contributed by atoms with van der Waals surface area (Å²) < 4.78 is -0.618. The second kappa shape index (κ2) is 2.15. The van der Waals surface area contributed by atoms with Crippen LogP contribution in [0.5, 0.6) is 0 Å². The minimum atomic E-state index is -0.618. The van der Waals surface area contributed by atoms with Crippen LogP contribution in [0, 0.1) is 0 Å². The van der Waals surface area contributed by atoms with E-state index in [0.717, 1.165) is 0 Å². The first-order valence-electron chi connectivity index (χ1n) is 1.55. The van der Waals surface area contributed by atoms with Crippen LogP contribution in [0.1, 0.15) is 6.92 Å². The number of alkyl halides is 2. The third kappa shape index (κ3) is 4.73. The third-order valence-electron chi connectivity index (χ3n) is 0.278. The first-order valence-corrected chi connectivity index (χ1v) is 2.72. The summed E-state index contributed by atoms with van der Waals surface area (Å²) in [5.74, 6) is 0. The lowest BCUT2D eigenvalue weighted by Gasteiger charge is -2.05. The second-order valence-electron chi connectivity index (χ2n) is 1.23. The van der Waals surface area contributed by atoms with Gasteiger partial charge < -0.3 is 5.11 Å². The first-order chi connectivity index (χ1) is 2.56. The van der Waals surface area contributed by atoms with Gasteiger partial charge in [0.05, 0.1) is 6.61 Å². The molecule has 0 bridgehead atoms. The van der Waals surface area contributed by atoms with Crippen molar-refractivity contribution >= 4 is 27.5 Å². The lowest BCUT2D eigenvalue weighted by atomic mass is 10.5. The van der Waals surface area contributed by atoms with Crippen molar-refractivity contribution in [3.8, 4) is 0 Å². The molecule has 0 fully saturated rings. The molecule has 0 aliphatic carbocycles. The summed E-state index contributed by atoms with van der Waals surface area (Å²) in [5.41, 5.74) is 0. The fourth-order valence-electron chi connectivity index (χ4n) is 0. The molecule has 0 aromatic carbocycles. The zero-order valence-electron chi connectivity index (χ0n) is 3.41. The SMILES string of the molecule is C[C@@](Cl)(Br)CO. The molecule has 0 spiro atoms. The summed E-state index contributed by atoms with van der Waals surface area (Å²) in [6.07, 6.45) is 0. The molecule has 0 aromatic rings. The molecule has 0 radical (unpaired) electrons. The minimum Gasteiger partial charge on any atom is -0.394 e. The molecule has 0 heterocycles. The number of hydrogen-bond donors (Lipinski definition) is 1. The van der Waals surface area contributed by atoms with Crippen molar-refractivity contribution in [1.29, 1.82) is 0 Å². The Morgan fingerprint density at radius 1 is 2.00 bits per heavy atom. The Morgan fingerprint density at radius 3 is 2.17 bits per heavy atom. The van der Waals surface area contributed by atoms with Gasteiger partial charge >= 0.3 is 0 Å². The van der Waals surface area contributed by atoms with E-state index in [-0.39, 0.29) is 6.61 Å². The van der Waals surface area contributed by atoms with Crippen molar-refractivity contribution in [2.45, 2.75) is 10.7 Å². The Morgan fingerprint density at radius 2 is 2.17 bits per heavy atom. The minimum absolute atomic E-state index is 0.0471. The zero-order valence-corrected chi connectivity index (χ0v) is 5.75. The van der Waals surface area contributed by atoms with Gasteiger partial charge in [0.2, 0.25) is 0 Å². The van der Waals surface area contributed by atoms with Gasteiger partial charge in [0.25, 0.3) is 0 Å². The number of rotatable bonds is 1. The van der Waals surface area contributed by atoms with Crippen LogP contribution in [0.3, 0.4) is 0 Å². The summed E-state index contributed by atoms with van der Waals surface area (Å²) in [4.78, 5) is 0. The summed E-state index contributed by atoms with van der Waals surface area (Å²) in [6.45, 7) is 1.63. The van der Waals surface area contributed by atoms with E-state index in [0.29, 0.717) is 0 Å². The molecule has 3 heteroatoms. The molecular formula is C3H6BrClO. The van der Waals surface area contributed by atoms with Crippen molar-refractivity contribution in [2.75, 3.05) is 6.61 Å². The van der Waals surface area contributed by atoms with Crippen molar-refractivity contribution in [3.05, 3.63) is 0 Å². The quantitative estimate of drug-likeness (QED) is 0.593. The molecule has 1 atom stereocenters. The van der Waals surface area contributed by atoms with Crippen molar-refractivity contribution in [3.63, 3.8) is 0 Å². The van der Waals surface area contributed by atoms with E-state index in [9.17, 15) is 0 Å². The summed E-state index contributed by atoms with van der Waals surface area (Å²) in [6, 6.07) is 0. The molecule has 0 aromatic heterocycles. The fraction of sp³-hybridized carbons (Fsp3) is 1.00. The van der Waals surface area contributed by atoms with E-state index in [1.807, 2.05) is 0 Å². The van der Waals surface area contributed by atoms with Crippen molar-refractivity contribution in [2.24, 2.45) is 0 Å². The molecule has 1 N–H and O–H groups in total. The van der Waals surface area contributed by atoms with Gasteiger partial charge in [-0.3, -0.25) is 0 Å². The largest absolute Gasteiger partial charge is 0.394 e. The summed E-state index contributed by atoms with van der Waals surface area (Å²) in [5, 5.41) is 8.22. The maximum absolute atomic E-state index is 8.22. The summed E-state index contributed by atoms with van der Waals surface area (Å²) >= 11 is 8.38. The number of aliphatic hydroxyl groups excluding tert-OH is 1.